The minimum absolute atomic E-state index is 0.222. The van der Waals surface area contributed by atoms with E-state index in [4.69, 9.17) is 4.74 Å². The van der Waals surface area contributed by atoms with E-state index in [1.165, 1.54) is 0 Å². The molecule has 0 aromatic heterocycles. The van der Waals surface area contributed by atoms with Gasteiger partial charge in [0.05, 0.1) is 0 Å². The Labute approximate surface area is 160 Å². The van der Waals surface area contributed by atoms with Gasteiger partial charge in [-0.1, -0.05) is 90.2 Å². The molecule has 0 unspecified atom stereocenters. The van der Waals surface area contributed by atoms with Crippen molar-refractivity contribution in [1.82, 2.24) is 5.32 Å². The van der Waals surface area contributed by atoms with Crippen LogP contribution in [0.15, 0.2) is 84.9 Å². The lowest BCUT2D eigenvalue weighted by atomic mass is 10.1. The van der Waals surface area contributed by atoms with E-state index in [2.05, 4.69) is 17.2 Å². The summed E-state index contributed by atoms with van der Waals surface area (Å²) in [5.41, 5.74) is 3.91. The summed E-state index contributed by atoms with van der Waals surface area (Å²) >= 11 is 0. The zero-order chi connectivity index (χ0) is 18.9. The summed E-state index contributed by atoms with van der Waals surface area (Å²) in [4.78, 5) is 12.3. The summed E-state index contributed by atoms with van der Waals surface area (Å²) in [6, 6.07) is 26.8. The molecule has 1 atom stereocenters. The first-order chi connectivity index (χ1) is 13.2. The molecule has 0 spiro atoms. The highest BCUT2D eigenvalue weighted by atomic mass is 16.5. The van der Waals surface area contributed by atoms with E-state index in [0.29, 0.717) is 0 Å². The van der Waals surface area contributed by atoms with Gasteiger partial charge in [-0.2, -0.15) is 0 Å². The number of hydrogen-bond acceptors (Lipinski definition) is 2. The molecule has 134 valence electrons. The fourth-order valence-electron chi connectivity index (χ4n) is 2.52. The summed E-state index contributed by atoms with van der Waals surface area (Å²) in [5, 5.41) is 2.86. The molecule has 0 aliphatic carbocycles. The molecule has 1 N–H and O–H groups in total. The second-order valence-electron chi connectivity index (χ2n) is 6.19. The molecule has 0 saturated heterocycles. The highest BCUT2D eigenvalue weighted by Crippen LogP contribution is 2.14. The first-order valence-electron chi connectivity index (χ1n) is 8.81. The average molecular weight is 355 g/mol. The molecule has 0 aliphatic heterocycles. The van der Waals surface area contributed by atoms with Gasteiger partial charge < -0.3 is 10.1 Å². The van der Waals surface area contributed by atoms with Crippen LogP contribution in [-0.4, -0.2) is 6.09 Å². The van der Waals surface area contributed by atoms with Crippen LogP contribution in [0.4, 0.5) is 4.79 Å². The number of rotatable bonds is 4. The molecule has 3 heteroatoms. The predicted molar refractivity (Wildman–Crippen MR) is 107 cm³/mol. The summed E-state index contributed by atoms with van der Waals surface area (Å²) in [6.07, 6.45) is -0.494. The SMILES string of the molecule is Cc1ccc([C@@H](C#Cc2ccccc2)NC(=O)OCc2ccccc2)cc1. The molecule has 3 aromatic carbocycles. The number of nitrogens with one attached hydrogen (secondary N) is 1. The largest absolute Gasteiger partial charge is 0.445 e. The topological polar surface area (TPSA) is 38.3 Å². The Hall–Kier alpha value is -3.51. The third-order valence-corrected chi connectivity index (χ3v) is 4.02. The van der Waals surface area contributed by atoms with Crippen molar-refractivity contribution in [3.63, 3.8) is 0 Å². The van der Waals surface area contributed by atoms with E-state index in [1.807, 2.05) is 91.9 Å². The number of aryl methyl sites for hydroxylation is 1. The zero-order valence-corrected chi connectivity index (χ0v) is 15.2. The van der Waals surface area contributed by atoms with E-state index in [9.17, 15) is 4.79 Å². The van der Waals surface area contributed by atoms with E-state index in [1.54, 1.807) is 0 Å². The predicted octanol–water partition coefficient (Wildman–Crippen LogP) is 5.01. The van der Waals surface area contributed by atoms with Crippen LogP contribution >= 0.6 is 0 Å². The molecule has 3 rings (SSSR count). The molecular formula is C24H21NO2. The quantitative estimate of drug-likeness (QED) is 0.668. The van der Waals surface area contributed by atoms with Gasteiger partial charge in [-0.25, -0.2) is 4.79 Å². The maximum Gasteiger partial charge on any atom is 0.408 e. The van der Waals surface area contributed by atoms with E-state index in [0.717, 1.165) is 22.3 Å². The highest BCUT2D eigenvalue weighted by molar-refractivity contribution is 5.68. The minimum atomic E-state index is -0.494. The lowest BCUT2D eigenvalue weighted by molar-refractivity contribution is 0.138. The average Bonchev–Trinajstić information content (AvgIpc) is 2.72. The summed E-state index contributed by atoms with van der Waals surface area (Å²) < 4.78 is 5.34. The monoisotopic (exact) mass is 355 g/mol. The second kappa shape index (κ2) is 9.26. The van der Waals surface area contributed by atoms with E-state index < -0.39 is 12.1 Å². The van der Waals surface area contributed by atoms with Gasteiger partial charge in [0.25, 0.3) is 0 Å². The molecular weight excluding hydrogens is 334 g/mol. The zero-order valence-electron chi connectivity index (χ0n) is 15.2. The Morgan fingerprint density at radius 1 is 0.926 bits per heavy atom. The van der Waals surface area contributed by atoms with Crippen molar-refractivity contribution in [2.45, 2.75) is 19.6 Å². The standard InChI is InChI=1S/C24H21NO2/c1-19-12-15-22(16-13-19)23(17-14-20-8-4-2-5-9-20)25-24(26)27-18-21-10-6-3-7-11-21/h2-13,15-16,23H,18H2,1H3,(H,25,26)/t23-/m1/s1. The van der Waals surface area contributed by atoms with Gasteiger partial charge in [0.2, 0.25) is 0 Å². The fourth-order valence-corrected chi connectivity index (χ4v) is 2.52. The van der Waals surface area contributed by atoms with Crippen molar-refractivity contribution in [2.24, 2.45) is 0 Å². The number of ether oxygens (including phenoxy) is 1. The molecule has 0 saturated carbocycles. The van der Waals surface area contributed by atoms with Crippen LogP contribution in [0.2, 0.25) is 0 Å². The number of alkyl carbamates (subject to hydrolysis) is 1. The lowest BCUT2D eigenvalue weighted by Gasteiger charge is -2.14. The van der Waals surface area contributed by atoms with Crippen LogP contribution in [0.25, 0.3) is 0 Å². The number of carbonyl (C=O) groups excluding carboxylic acids is 1. The third-order valence-electron chi connectivity index (χ3n) is 4.02. The smallest absolute Gasteiger partial charge is 0.408 e. The van der Waals surface area contributed by atoms with Crippen molar-refractivity contribution >= 4 is 6.09 Å². The van der Waals surface area contributed by atoms with Crippen molar-refractivity contribution < 1.29 is 9.53 Å². The van der Waals surface area contributed by atoms with E-state index >= 15 is 0 Å². The minimum Gasteiger partial charge on any atom is -0.445 e. The van der Waals surface area contributed by atoms with Gasteiger partial charge in [0.1, 0.15) is 12.6 Å². The third kappa shape index (κ3) is 5.76. The van der Waals surface area contributed by atoms with Gasteiger partial charge in [0.15, 0.2) is 0 Å². The summed E-state index contributed by atoms with van der Waals surface area (Å²) in [5.74, 6) is 6.26. The molecule has 0 heterocycles. The van der Waals surface area contributed by atoms with Gasteiger partial charge in [-0.05, 0) is 30.2 Å². The van der Waals surface area contributed by atoms with Crippen molar-refractivity contribution in [3.05, 3.63) is 107 Å². The maximum absolute atomic E-state index is 12.3. The molecule has 0 aliphatic rings. The van der Waals surface area contributed by atoms with Crippen LogP contribution < -0.4 is 5.32 Å². The Morgan fingerprint density at radius 3 is 2.22 bits per heavy atom. The second-order valence-corrected chi connectivity index (χ2v) is 6.19. The van der Waals surface area contributed by atoms with Crippen molar-refractivity contribution in [1.29, 1.82) is 0 Å². The molecule has 0 bridgehead atoms. The van der Waals surface area contributed by atoms with Crippen LogP contribution in [0.1, 0.15) is 28.3 Å². The van der Waals surface area contributed by atoms with Crippen LogP contribution in [0.3, 0.4) is 0 Å². The normalized spacial score (nSPS) is 11.0. The Balaban J connectivity index is 1.72. The van der Waals surface area contributed by atoms with Gasteiger partial charge in [0, 0.05) is 5.56 Å². The first kappa shape index (κ1) is 18.3. The fraction of sp³-hybridized carbons (Fsp3) is 0.125. The first-order valence-corrected chi connectivity index (χ1v) is 8.81. The summed E-state index contributed by atoms with van der Waals surface area (Å²) in [6.45, 7) is 2.25. The Morgan fingerprint density at radius 2 is 1.56 bits per heavy atom. The van der Waals surface area contributed by atoms with E-state index in [-0.39, 0.29) is 6.61 Å². The molecule has 3 aromatic rings. The van der Waals surface area contributed by atoms with Gasteiger partial charge in [-0.3, -0.25) is 0 Å². The molecule has 0 radical (unpaired) electrons. The highest BCUT2D eigenvalue weighted by Gasteiger charge is 2.13. The van der Waals surface area contributed by atoms with Crippen LogP contribution in [0.5, 0.6) is 0 Å². The molecule has 0 fully saturated rings. The Kier molecular flexibility index (Phi) is 6.27. The number of hydrogen-bond donors (Lipinski definition) is 1. The van der Waals surface area contributed by atoms with Crippen LogP contribution in [0, 0.1) is 18.8 Å². The van der Waals surface area contributed by atoms with Gasteiger partial charge in [-0.15, -0.1) is 0 Å². The van der Waals surface area contributed by atoms with Crippen molar-refractivity contribution in [2.75, 3.05) is 0 Å². The number of carbonyl (C=O) groups is 1. The van der Waals surface area contributed by atoms with Crippen molar-refractivity contribution in [3.8, 4) is 11.8 Å². The van der Waals surface area contributed by atoms with Crippen LogP contribution in [-0.2, 0) is 11.3 Å². The Bertz CT molecular complexity index is 923. The lowest BCUT2D eigenvalue weighted by Crippen LogP contribution is -2.28. The van der Waals surface area contributed by atoms with Gasteiger partial charge >= 0.3 is 6.09 Å². The number of benzene rings is 3. The molecule has 3 nitrogen and oxygen atoms in total. The number of amides is 1. The maximum atomic E-state index is 12.3. The molecule has 1 amide bonds. The molecule has 27 heavy (non-hydrogen) atoms. The summed E-state index contributed by atoms with van der Waals surface area (Å²) in [7, 11) is 0.